The number of hydrogen-bond donors (Lipinski definition) is 1. The third-order valence-corrected chi connectivity index (χ3v) is 1.39. The van der Waals surface area contributed by atoms with Gasteiger partial charge >= 0.3 is 0 Å². The van der Waals surface area contributed by atoms with Crippen LogP contribution >= 0.6 is 11.6 Å². The number of hydrogen-bond acceptors (Lipinski definition) is 3. The van der Waals surface area contributed by atoms with Crippen molar-refractivity contribution in [3.8, 4) is 0 Å². The molecule has 0 radical (unpaired) electrons. The molecule has 0 saturated heterocycles. The Kier molecular flexibility index (Phi) is 2.80. The van der Waals surface area contributed by atoms with Crippen LogP contribution in [-0.4, -0.2) is 16.4 Å². The molecule has 0 aliphatic carbocycles. The van der Waals surface area contributed by atoms with E-state index in [9.17, 15) is 4.79 Å². The monoisotopic (exact) mass is 171 g/mol. The SMILES string of the molecule is O=CNCc1nccnc1Cl. The molecule has 1 heterocycles. The molecule has 1 rings (SSSR count). The van der Waals surface area contributed by atoms with Crippen molar-refractivity contribution in [1.29, 1.82) is 0 Å². The fourth-order valence-corrected chi connectivity index (χ4v) is 0.779. The van der Waals surface area contributed by atoms with Crippen LogP contribution in [0.2, 0.25) is 5.15 Å². The number of carbonyl (C=O) groups excluding carboxylic acids is 1. The lowest BCUT2D eigenvalue weighted by Crippen LogP contribution is -2.11. The molecule has 0 atom stereocenters. The van der Waals surface area contributed by atoms with E-state index in [1.165, 1.54) is 12.4 Å². The predicted octanol–water partition coefficient (Wildman–Crippen LogP) is 0.376. The van der Waals surface area contributed by atoms with Crippen molar-refractivity contribution in [2.45, 2.75) is 6.54 Å². The molecule has 0 bridgehead atoms. The number of aromatic nitrogens is 2. The highest BCUT2D eigenvalue weighted by atomic mass is 35.5. The van der Waals surface area contributed by atoms with Gasteiger partial charge in [0.15, 0.2) is 5.15 Å². The van der Waals surface area contributed by atoms with Crippen LogP contribution in [0, 0.1) is 0 Å². The lowest BCUT2D eigenvalue weighted by atomic mass is 10.4. The Morgan fingerprint density at radius 1 is 1.55 bits per heavy atom. The lowest BCUT2D eigenvalue weighted by molar-refractivity contribution is -0.109. The Morgan fingerprint density at radius 3 is 2.91 bits per heavy atom. The van der Waals surface area contributed by atoms with Gasteiger partial charge in [-0.1, -0.05) is 11.6 Å². The molecule has 0 saturated carbocycles. The summed E-state index contributed by atoms with van der Waals surface area (Å²) in [5, 5.41) is 2.76. The summed E-state index contributed by atoms with van der Waals surface area (Å²) in [7, 11) is 0. The summed E-state index contributed by atoms with van der Waals surface area (Å²) < 4.78 is 0. The number of halogens is 1. The van der Waals surface area contributed by atoms with E-state index in [2.05, 4.69) is 15.3 Å². The molecule has 11 heavy (non-hydrogen) atoms. The highest BCUT2D eigenvalue weighted by Gasteiger charge is 1.98. The van der Waals surface area contributed by atoms with Gasteiger partial charge in [0.05, 0.1) is 12.2 Å². The van der Waals surface area contributed by atoms with Gasteiger partial charge in [0.25, 0.3) is 0 Å². The van der Waals surface area contributed by atoms with Gasteiger partial charge in [-0.2, -0.15) is 0 Å². The molecule has 1 aromatic heterocycles. The maximum Gasteiger partial charge on any atom is 0.207 e. The van der Waals surface area contributed by atoms with Gasteiger partial charge in [-0.15, -0.1) is 0 Å². The van der Waals surface area contributed by atoms with E-state index in [0.717, 1.165) is 0 Å². The van der Waals surface area contributed by atoms with Gasteiger partial charge in [-0.25, -0.2) is 4.98 Å². The molecule has 0 unspecified atom stereocenters. The van der Waals surface area contributed by atoms with Crippen molar-refractivity contribution in [3.05, 3.63) is 23.2 Å². The molecule has 0 aliphatic heterocycles. The summed E-state index contributed by atoms with van der Waals surface area (Å²) in [4.78, 5) is 17.6. The number of rotatable bonds is 3. The van der Waals surface area contributed by atoms with Crippen molar-refractivity contribution < 1.29 is 4.79 Å². The molecule has 4 nitrogen and oxygen atoms in total. The standard InChI is InChI=1S/C6H6ClN3O/c7-6-5(3-8-4-11)9-1-2-10-6/h1-2,4H,3H2,(H,8,11). The average molecular weight is 172 g/mol. The Balaban J connectivity index is 2.69. The summed E-state index contributed by atoms with van der Waals surface area (Å²) in [6.45, 7) is 0.316. The van der Waals surface area contributed by atoms with Gasteiger partial charge in [0.2, 0.25) is 6.41 Å². The molecular formula is C6H6ClN3O. The van der Waals surface area contributed by atoms with E-state index in [1.807, 2.05) is 0 Å². The molecule has 5 heteroatoms. The van der Waals surface area contributed by atoms with E-state index in [1.54, 1.807) is 0 Å². The van der Waals surface area contributed by atoms with Crippen molar-refractivity contribution in [3.63, 3.8) is 0 Å². The quantitative estimate of drug-likeness (QED) is 0.669. The number of nitrogens with one attached hydrogen (secondary N) is 1. The summed E-state index contributed by atoms with van der Waals surface area (Å²) in [5.74, 6) is 0. The molecule has 58 valence electrons. The van der Waals surface area contributed by atoms with Crippen molar-refractivity contribution in [2.24, 2.45) is 0 Å². The predicted molar refractivity (Wildman–Crippen MR) is 39.9 cm³/mol. The molecule has 0 spiro atoms. The molecule has 0 fully saturated rings. The van der Waals surface area contributed by atoms with E-state index in [-0.39, 0.29) is 0 Å². The number of amides is 1. The van der Waals surface area contributed by atoms with Crippen LogP contribution in [0.1, 0.15) is 5.69 Å². The van der Waals surface area contributed by atoms with E-state index >= 15 is 0 Å². The normalized spacial score (nSPS) is 9.18. The van der Waals surface area contributed by atoms with Crippen molar-refractivity contribution in [1.82, 2.24) is 15.3 Å². The van der Waals surface area contributed by atoms with Crippen LogP contribution in [0.3, 0.4) is 0 Å². The lowest BCUT2D eigenvalue weighted by Gasteiger charge is -1.98. The van der Waals surface area contributed by atoms with Crippen LogP contribution in [0.25, 0.3) is 0 Å². The highest BCUT2D eigenvalue weighted by molar-refractivity contribution is 6.29. The van der Waals surface area contributed by atoms with Crippen LogP contribution in [-0.2, 0) is 11.3 Å². The number of nitrogens with zero attached hydrogens (tertiary/aromatic N) is 2. The van der Waals surface area contributed by atoms with E-state index < -0.39 is 0 Å². The third kappa shape index (κ3) is 2.16. The first kappa shape index (κ1) is 7.94. The topological polar surface area (TPSA) is 54.9 Å². The number of carbonyl (C=O) groups is 1. The Morgan fingerprint density at radius 2 is 2.27 bits per heavy atom. The van der Waals surface area contributed by atoms with Crippen molar-refractivity contribution >= 4 is 18.0 Å². The Hall–Kier alpha value is -1.16. The molecule has 1 amide bonds. The zero-order valence-corrected chi connectivity index (χ0v) is 6.38. The third-order valence-electron chi connectivity index (χ3n) is 1.08. The summed E-state index contributed by atoms with van der Waals surface area (Å²) >= 11 is 5.63. The summed E-state index contributed by atoms with van der Waals surface area (Å²) in [6, 6.07) is 0. The smallest absolute Gasteiger partial charge is 0.207 e. The Labute approximate surface area is 68.6 Å². The molecule has 0 aromatic carbocycles. The maximum atomic E-state index is 9.89. The average Bonchev–Trinajstić information content (AvgIpc) is 2.03. The van der Waals surface area contributed by atoms with Crippen LogP contribution in [0.15, 0.2) is 12.4 Å². The second-order valence-corrected chi connectivity index (χ2v) is 2.15. The minimum absolute atomic E-state index is 0.316. The zero-order valence-electron chi connectivity index (χ0n) is 5.62. The Bertz CT molecular complexity index is 253. The first-order valence-electron chi connectivity index (χ1n) is 2.97. The fourth-order valence-electron chi connectivity index (χ4n) is 0.607. The maximum absolute atomic E-state index is 9.89. The minimum Gasteiger partial charge on any atom is -0.353 e. The first-order valence-corrected chi connectivity index (χ1v) is 3.35. The van der Waals surface area contributed by atoms with Crippen LogP contribution in [0.5, 0.6) is 0 Å². The van der Waals surface area contributed by atoms with Gasteiger partial charge < -0.3 is 5.32 Å². The zero-order chi connectivity index (χ0) is 8.10. The highest BCUT2D eigenvalue weighted by Crippen LogP contribution is 2.06. The minimum atomic E-state index is 0.316. The molecule has 1 aromatic rings. The molecule has 0 aliphatic rings. The molecule has 1 N–H and O–H groups in total. The van der Waals surface area contributed by atoms with E-state index in [4.69, 9.17) is 11.6 Å². The van der Waals surface area contributed by atoms with Gasteiger partial charge in [-0.3, -0.25) is 9.78 Å². The molecular weight excluding hydrogens is 166 g/mol. The fraction of sp³-hybridized carbons (Fsp3) is 0.167. The van der Waals surface area contributed by atoms with Gasteiger partial charge in [-0.05, 0) is 0 Å². The summed E-state index contributed by atoms with van der Waals surface area (Å²) in [6.07, 6.45) is 3.60. The largest absolute Gasteiger partial charge is 0.353 e. The van der Waals surface area contributed by atoms with Crippen LogP contribution < -0.4 is 5.32 Å². The first-order chi connectivity index (χ1) is 5.34. The van der Waals surface area contributed by atoms with Crippen LogP contribution in [0.4, 0.5) is 0 Å². The van der Waals surface area contributed by atoms with E-state index in [0.29, 0.717) is 23.8 Å². The van der Waals surface area contributed by atoms with Crippen molar-refractivity contribution in [2.75, 3.05) is 0 Å². The second kappa shape index (κ2) is 3.88. The van der Waals surface area contributed by atoms with Gasteiger partial charge in [0, 0.05) is 12.4 Å². The second-order valence-electron chi connectivity index (χ2n) is 1.79. The van der Waals surface area contributed by atoms with Gasteiger partial charge in [0.1, 0.15) is 0 Å². The summed E-state index contributed by atoms with van der Waals surface area (Å²) in [5.41, 5.74) is 0.571.